The molecular formula is C20H19FN4O2. The smallest absolute Gasteiger partial charge is 0.319 e. The van der Waals surface area contributed by atoms with Crippen molar-refractivity contribution in [3.05, 3.63) is 54.0 Å². The van der Waals surface area contributed by atoms with E-state index in [1.165, 1.54) is 12.1 Å². The number of para-hydroxylation sites is 1. The standard InChI is InChI=1S/C20H19FN4O2/c21-12-8-15(14-11-22-25-16(14)9-12)23-19(26)24-17-10-20(6-3-7-20)27-18-5-2-1-4-13(17)18/h1-2,4-5,8-9,11,17H,3,6-7,10H2,(H,22,25)(H2,23,24,26). The highest BCUT2D eigenvalue weighted by atomic mass is 19.1. The van der Waals surface area contributed by atoms with Gasteiger partial charge >= 0.3 is 6.03 Å². The number of nitrogens with one attached hydrogen (secondary N) is 3. The van der Waals surface area contributed by atoms with Crippen LogP contribution in [0.25, 0.3) is 10.9 Å². The molecule has 138 valence electrons. The Morgan fingerprint density at radius 2 is 2.15 bits per heavy atom. The summed E-state index contributed by atoms with van der Waals surface area (Å²) in [5.74, 6) is 0.392. The average molecular weight is 366 g/mol. The van der Waals surface area contributed by atoms with Crippen molar-refractivity contribution in [3.8, 4) is 5.75 Å². The molecule has 2 aromatic carbocycles. The lowest BCUT2D eigenvalue weighted by molar-refractivity contribution is -0.0354. The number of urea groups is 1. The summed E-state index contributed by atoms with van der Waals surface area (Å²) in [5, 5.41) is 13.1. The third kappa shape index (κ3) is 2.79. The molecule has 0 saturated heterocycles. The van der Waals surface area contributed by atoms with E-state index in [2.05, 4.69) is 20.8 Å². The number of aromatic amines is 1. The van der Waals surface area contributed by atoms with Crippen molar-refractivity contribution in [2.75, 3.05) is 5.32 Å². The molecule has 1 unspecified atom stereocenters. The third-order valence-electron chi connectivity index (χ3n) is 5.54. The lowest BCUT2D eigenvalue weighted by Gasteiger charge is -2.48. The molecule has 1 aromatic heterocycles. The monoisotopic (exact) mass is 366 g/mol. The maximum atomic E-state index is 13.8. The van der Waals surface area contributed by atoms with Crippen molar-refractivity contribution in [2.24, 2.45) is 0 Å². The van der Waals surface area contributed by atoms with E-state index >= 15 is 0 Å². The highest BCUT2D eigenvalue weighted by Crippen LogP contribution is 2.48. The summed E-state index contributed by atoms with van der Waals surface area (Å²) in [7, 11) is 0. The second kappa shape index (κ2) is 5.97. The van der Waals surface area contributed by atoms with Crippen LogP contribution in [-0.4, -0.2) is 21.8 Å². The van der Waals surface area contributed by atoms with E-state index in [9.17, 15) is 9.18 Å². The Morgan fingerprint density at radius 3 is 2.96 bits per heavy atom. The summed E-state index contributed by atoms with van der Waals surface area (Å²) < 4.78 is 20.0. The van der Waals surface area contributed by atoms with Crippen LogP contribution in [0.4, 0.5) is 14.9 Å². The first-order chi connectivity index (χ1) is 13.1. The lowest BCUT2D eigenvalue weighted by Crippen LogP contribution is -2.50. The second-order valence-electron chi connectivity index (χ2n) is 7.32. The van der Waals surface area contributed by atoms with Crippen molar-refractivity contribution < 1.29 is 13.9 Å². The predicted molar refractivity (Wildman–Crippen MR) is 99.2 cm³/mol. The zero-order chi connectivity index (χ0) is 18.4. The fraction of sp³-hybridized carbons (Fsp3) is 0.300. The average Bonchev–Trinajstić information content (AvgIpc) is 3.08. The maximum absolute atomic E-state index is 13.8. The molecule has 3 N–H and O–H groups in total. The fourth-order valence-corrected chi connectivity index (χ4v) is 4.06. The molecule has 5 rings (SSSR count). The molecule has 27 heavy (non-hydrogen) atoms. The lowest BCUT2D eigenvalue weighted by atomic mass is 9.73. The molecular weight excluding hydrogens is 347 g/mol. The van der Waals surface area contributed by atoms with Gasteiger partial charge in [-0.25, -0.2) is 9.18 Å². The number of ether oxygens (including phenoxy) is 1. The summed E-state index contributed by atoms with van der Waals surface area (Å²) in [6, 6.07) is 9.92. The van der Waals surface area contributed by atoms with Crippen LogP contribution in [0.2, 0.25) is 0 Å². The molecule has 2 aliphatic rings. The Labute approximate surface area is 155 Å². The number of halogens is 1. The highest BCUT2D eigenvalue weighted by Gasteiger charge is 2.45. The molecule has 2 amide bonds. The number of rotatable bonds is 2. The first kappa shape index (κ1) is 16.1. The summed E-state index contributed by atoms with van der Waals surface area (Å²) in [6.45, 7) is 0. The van der Waals surface area contributed by atoms with Gasteiger partial charge in [0.15, 0.2) is 0 Å². The number of hydrogen-bond donors (Lipinski definition) is 3. The zero-order valence-corrected chi connectivity index (χ0v) is 14.6. The largest absolute Gasteiger partial charge is 0.487 e. The van der Waals surface area contributed by atoms with Crippen molar-refractivity contribution in [1.82, 2.24) is 15.5 Å². The van der Waals surface area contributed by atoms with Gasteiger partial charge in [-0.2, -0.15) is 5.10 Å². The molecule has 1 aliphatic heterocycles. The molecule has 7 heteroatoms. The number of aromatic nitrogens is 2. The number of nitrogens with zero attached hydrogens (tertiary/aromatic N) is 1. The normalized spacial score (nSPS) is 19.8. The number of anilines is 1. The van der Waals surface area contributed by atoms with Gasteiger partial charge in [0.25, 0.3) is 0 Å². The summed E-state index contributed by atoms with van der Waals surface area (Å²) in [4.78, 5) is 12.7. The summed E-state index contributed by atoms with van der Waals surface area (Å²) in [5.41, 5.74) is 1.71. The van der Waals surface area contributed by atoms with Crippen LogP contribution in [0.15, 0.2) is 42.6 Å². The topological polar surface area (TPSA) is 79.0 Å². The first-order valence-electron chi connectivity index (χ1n) is 9.10. The quantitative estimate of drug-likeness (QED) is 0.634. The van der Waals surface area contributed by atoms with E-state index in [0.717, 1.165) is 37.0 Å². The number of hydrogen-bond acceptors (Lipinski definition) is 3. The summed E-state index contributed by atoms with van der Waals surface area (Å²) >= 11 is 0. The van der Waals surface area contributed by atoms with Crippen molar-refractivity contribution in [2.45, 2.75) is 37.3 Å². The van der Waals surface area contributed by atoms with Gasteiger partial charge in [0.2, 0.25) is 0 Å². The number of benzene rings is 2. The first-order valence-corrected chi connectivity index (χ1v) is 9.10. The molecule has 2 heterocycles. The maximum Gasteiger partial charge on any atom is 0.319 e. The zero-order valence-electron chi connectivity index (χ0n) is 14.6. The van der Waals surface area contributed by atoms with E-state index in [-0.39, 0.29) is 17.7 Å². The Bertz CT molecular complexity index is 1030. The molecule has 0 bridgehead atoms. The van der Waals surface area contributed by atoms with Gasteiger partial charge in [-0.15, -0.1) is 0 Å². The highest BCUT2D eigenvalue weighted by molar-refractivity contribution is 6.00. The van der Waals surface area contributed by atoms with Crippen LogP contribution in [0.1, 0.15) is 37.3 Å². The molecule has 0 radical (unpaired) electrons. The van der Waals surface area contributed by atoms with Gasteiger partial charge in [-0.1, -0.05) is 18.2 Å². The summed E-state index contributed by atoms with van der Waals surface area (Å²) in [6.07, 6.45) is 5.45. The van der Waals surface area contributed by atoms with Crippen LogP contribution in [0.3, 0.4) is 0 Å². The van der Waals surface area contributed by atoms with Crippen LogP contribution in [0.5, 0.6) is 5.75 Å². The number of fused-ring (bicyclic) bond motifs is 2. The van der Waals surface area contributed by atoms with E-state index in [1.807, 2.05) is 24.3 Å². The molecule has 1 spiro atoms. The van der Waals surface area contributed by atoms with Gasteiger partial charge in [-0.3, -0.25) is 5.10 Å². The van der Waals surface area contributed by atoms with Gasteiger partial charge in [0.05, 0.1) is 23.4 Å². The molecule has 1 aliphatic carbocycles. The van der Waals surface area contributed by atoms with E-state index in [4.69, 9.17) is 4.74 Å². The number of amides is 2. The Balaban J connectivity index is 1.39. The Kier molecular flexibility index (Phi) is 3.56. The Morgan fingerprint density at radius 1 is 1.30 bits per heavy atom. The van der Waals surface area contributed by atoms with E-state index < -0.39 is 5.82 Å². The van der Waals surface area contributed by atoms with Gasteiger partial charge in [0, 0.05) is 17.4 Å². The number of carbonyl (C=O) groups is 1. The van der Waals surface area contributed by atoms with Gasteiger partial charge < -0.3 is 15.4 Å². The van der Waals surface area contributed by atoms with Crippen LogP contribution >= 0.6 is 0 Å². The third-order valence-corrected chi connectivity index (χ3v) is 5.54. The van der Waals surface area contributed by atoms with E-state index in [0.29, 0.717) is 16.6 Å². The Hall–Kier alpha value is -3.09. The van der Waals surface area contributed by atoms with Gasteiger partial charge in [-0.05, 0) is 37.5 Å². The fourth-order valence-electron chi connectivity index (χ4n) is 4.06. The van der Waals surface area contributed by atoms with Crippen LogP contribution < -0.4 is 15.4 Å². The molecule has 3 aromatic rings. The van der Waals surface area contributed by atoms with E-state index in [1.54, 1.807) is 6.20 Å². The minimum atomic E-state index is -0.438. The molecule has 1 atom stereocenters. The SMILES string of the molecule is O=C(Nc1cc(F)cc2[nH]ncc12)NC1CC2(CCC2)Oc2ccccc21. The molecule has 6 nitrogen and oxygen atoms in total. The second-order valence-corrected chi connectivity index (χ2v) is 7.32. The predicted octanol–water partition coefficient (Wildman–Crippen LogP) is 4.27. The number of carbonyl (C=O) groups excluding carboxylic acids is 1. The van der Waals surface area contributed by atoms with Crippen LogP contribution in [-0.2, 0) is 0 Å². The van der Waals surface area contributed by atoms with Crippen molar-refractivity contribution in [3.63, 3.8) is 0 Å². The molecule has 1 saturated carbocycles. The minimum Gasteiger partial charge on any atom is -0.487 e. The number of H-pyrrole nitrogens is 1. The minimum absolute atomic E-state index is 0.149. The van der Waals surface area contributed by atoms with Crippen LogP contribution in [0, 0.1) is 5.82 Å². The van der Waals surface area contributed by atoms with Gasteiger partial charge in [0.1, 0.15) is 17.2 Å². The van der Waals surface area contributed by atoms with Crippen molar-refractivity contribution >= 4 is 22.6 Å². The van der Waals surface area contributed by atoms with Crippen molar-refractivity contribution in [1.29, 1.82) is 0 Å². The molecule has 1 fully saturated rings.